The van der Waals surface area contributed by atoms with E-state index in [1.807, 2.05) is 5.32 Å². The molecule has 0 spiro atoms. The van der Waals surface area contributed by atoms with Gasteiger partial charge in [0.2, 0.25) is 11.8 Å². The van der Waals surface area contributed by atoms with E-state index >= 15 is 0 Å². The molecule has 1 aliphatic heterocycles. The molecule has 0 atom stereocenters. The number of pyridine rings is 1. The molecule has 0 saturated carbocycles. The van der Waals surface area contributed by atoms with Crippen LogP contribution in [0, 0.1) is 0 Å². The van der Waals surface area contributed by atoms with Crippen molar-refractivity contribution in [1.82, 2.24) is 15.2 Å². The first kappa shape index (κ1) is 11.8. The van der Waals surface area contributed by atoms with Crippen molar-refractivity contribution in [3.63, 3.8) is 0 Å². The van der Waals surface area contributed by atoms with Gasteiger partial charge < -0.3 is 10.0 Å². The van der Waals surface area contributed by atoms with E-state index in [-0.39, 0.29) is 18.7 Å². The van der Waals surface area contributed by atoms with Crippen LogP contribution in [0.25, 0.3) is 0 Å². The van der Waals surface area contributed by atoms with Gasteiger partial charge in [0.15, 0.2) is 5.88 Å². The minimum Gasteiger partial charge on any atom is -0.494 e. The normalized spacial score (nSPS) is 15.4. The Hall–Kier alpha value is -2.64. The molecule has 3 amide bonds. The van der Waals surface area contributed by atoms with Crippen molar-refractivity contribution >= 4 is 17.7 Å². The number of imide groups is 1. The Morgan fingerprint density at radius 3 is 2.33 bits per heavy atom. The van der Waals surface area contributed by atoms with E-state index in [1.165, 1.54) is 0 Å². The van der Waals surface area contributed by atoms with Crippen LogP contribution >= 0.6 is 0 Å². The van der Waals surface area contributed by atoms with Crippen molar-refractivity contribution in [2.45, 2.75) is 0 Å². The minimum atomic E-state index is -0.667. The Bertz CT molecular complexity index is 575. The van der Waals surface area contributed by atoms with Crippen molar-refractivity contribution in [2.75, 3.05) is 13.1 Å². The van der Waals surface area contributed by atoms with Gasteiger partial charge in [-0.1, -0.05) is 0 Å². The number of hydrogen-bond acceptors (Lipinski definition) is 5. The molecular formula is C10H9N3O5. The standard InChI is InChI=1S/C10H9N3O5/c14-6-1-5(2-7(15)11-6)10(18)13-3-8(16)12-9(17)4-13/h1-2H,3-4H2,(H2,11,14,15)(H,12,16,17). The van der Waals surface area contributed by atoms with Gasteiger partial charge in [-0.3, -0.25) is 29.5 Å². The predicted molar refractivity (Wildman–Crippen MR) is 57.8 cm³/mol. The van der Waals surface area contributed by atoms with Gasteiger partial charge in [0, 0.05) is 12.1 Å². The highest BCUT2D eigenvalue weighted by Gasteiger charge is 2.27. The molecule has 1 saturated heterocycles. The second-order valence-electron chi connectivity index (χ2n) is 3.75. The number of amides is 3. The summed E-state index contributed by atoms with van der Waals surface area (Å²) in [6, 6.07) is 2.04. The summed E-state index contributed by atoms with van der Waals surface area (Å²) in [4.78, 5) is 48.3. The highest BCUT2D eigenvalue weighted by molar-refractivity contribution is 6.05. The molecule has 0 unspecified atom stereocenters. The third-order valence-electron chi connectivity index (χ3n) is 2.31. The molecule has 2 heterocycles. The van der Waals surface area contributed by atoms with Gasteiger partial charge in [0.25, 0.3) is 11.5 Å². The number of aromatic amines is 1. The van der Waals surface area contributed by atoms with Gasteiger partial charge in [-0.2, -0.15) is 0 Å². The van der Waals surface area contributed by atoms with E-state index in [2.05, 4.69) is 4.98 Å². The van der Waals surface area contributed by atoms with Crippen LogP contribution in [0.2, 0.25) is 0 Å². The summed E-state index contributed by atoms with van der Waals surface area (Å²) in [6.45, 7) is -0.531. The molecule has 18 heavy (non-hydrogen) atoms. The van der Waals surface area contributed by atoms with Crippen molar-refractivity contribution in [1.29, 1.82) is 0 Å². The number of H-pyrrole nitrogens is 1. The van der Waals surface area contributed by atoms with Gasteiger partial charge in [-0.05, 0) is 0 Å². The van der Waals surface area contributed by atoms with Crippen LogP contribution in [-0.4, -0.2) is 45.8 Å². The molecule has 1 fully saturated rings. The van der Waals surface area contributed by atoms with E-state index in [0.717, 1.165) is 17.0 Å². The zero-order chi connectivity index (χ0) is 13.3. The molecule has 1 aromatic rings. The lowest BCUT2D eigenvalue weighted by Crippen LogP contribution is -2.53. The lowest BCUT2D eigenvalue weighted by Gasteiger charge is -2.25. The summed E-state index contributed by atoms with van der Waals surface area (Å²) in [7, 11) is 0. The lowest BCUT2D eigenvalue weighted by atomic mass is 10.2. The van der Waals surface area contributed by atoms with Gasteiger partial charge in [0.1, 0.15) is 13.1 Å². The van der Waals surface area contributed by atoms with Crippen LogP contribution in [0.4, 0.5) is 0 Å². The maximum absolute atomic E-state index is 11.9. The van der Waals surface area contributed by atoms with Crippen molar-refractivity contribution < 1.29 is 19.5 Å². The molecule has 0 aromatic carbocycles. The third kappa shape index (κ3) is 2.37. The molecule has 8 nitrogen and oxygen atoms in total. The number of carbonyl (C=O) groups excluding carboxylic acids is 3. The Morgan fingerprint density at radius 1 is 1.17 bits per heavy atom. The average Bonchev–Trinajstić information content (AvgIpc) is 2.25. The van der Waals surface area contributed by atoms with Crippen LogP contribution in [0.1, 0.15) is 10.4 Å². The number of carbonyl (C=O) groups is 3. The number of nitrogens with one attached hydrogen (secondary N) is 2. The van der Waals surface area contributed by atoms with E-state index in [4.69, 9.17) is 0 Å². The molecule has 8 heteroatoms. The Balaban J connectivity index is 2.28. The predicted octanol–water partition coefficient (Wildman–Crippen LogP) is -1.82. The Morgan fingerprint density at radius 2 is 1.78 bits per heavy atom. The minimum absolute atomic E-state index is 0.0845. The van der Waals surface area contributed by atoms with Gasteiger partial charge in [0.05, 0.1) is 5.56 Å². The van der Waals surface area contributed by atoms with Crippen LogP contribution < -0.4 is 10.9 Å². The first-order valence-electron chi connectivity index (χ1n) is 5.01. The van der Waals surface area contributed by atoms with Crippen LogP contribution in [0.3, 0.4) is 0 Å². The summed E-state index contributed by atoms with van der Waals surface area (Å²) in [5.74, 6) is -2.31. The third-order valence-corrected chi connectivity index (χ3v) is 2.31. The molecular weight excluding hydrogens is 242 g/mol. The van der Waals surface area contributed by atoms with Crippen molar-refractivity contribution in [3.05, 3.63) is 28.0 Å². The van der Waals surface area contributed by atoms with Crippen molar-refractivity contribution in [3.8, 4) is 5.88 Å². The van der Waals surface area contributed by atoms with Crippen LogP contribution in [-0.2, 0) is 9.59 Å². The highest BCUT2D eigenvalue weighted by atomic mass is 16.3. The van der Waals surface area contributed by atoms with Gasteiger partial charge in [-0.15, -0.1) is 0 Å². The quantitative estimate of drug-likeness (QED) is 0.507. The number of nitrogens with zero attached hydrogens (tertiary/aromatic N) is 1. The Kier molecular flexibility index (Phi) is 2.84. The van der Waals surface area contributed by atoms with E-state index in [0.29, 0.717) is 0 Å². The number of piperazine rings is 1. The highest BCUT2D eigenvalue weighted by Crippen LogP contribution is 2.09. The molecule has 1 aromatic heterocycles. The monoisotopic (exact) mass is 251 g/mol. The SMILES string of the molecule is O=C1CN(C(=O)c2cc(O)[nH]c(=O)c2)CC(=O)N1. The van der Waals surface area contributed by atoms with Gasteiger partial charge in [-0.25, -0.2) is 0 Å². The summed E-state index contributed by atoms with van der Waals surface area (Å²) in [5.41, 5.74) is -0.732. The fourth-order valence-corrected chi connectivity index (χ4v) is 1.62. The topological polar surface area (TPSA) is 120 Å². The molecule has 0 radical (unpaired) electrons. The molecule has 1 aliphatic rings. The first-order chi connectivity index (χ1) is 8.45. The summed E-state index contributed by atoms with van der Waals surface area (Å²) < 4.78 is 0. The summed E-state index contributed by atoms with van der Waals surface area (Å²) in [6.07, 6.45) is 0. The largest absolute Gasteiger partial charge is 0.494 e. The first-order valence-corrected chi connectivity index (χ1v) is 5.01. The second-order valence-corrected chi connectivity index (χ2v) is 3.75. The molecule has 94 valence electrons. The molecule has 0 bridgehead atoms. The average molecular weight is 251 g/mol. The van der Waals surface area contributed by atoms with E-state index in [1.54, 1.807) is 0 Å². The fourth-order valence-electron chi connectivity index (χ4n) is 1.62. The van der Waals surface area contributed by atoms with E-state index < -0.39 is 29.2 Å². The number of aromatic nitrogens is 1. The molecule has 0 aliphatic carbocycles. The number of aromatic hydroxyl groups is 1. The van der Waals surface area contributed by atoms with Crippen LogP contribution in [0.5, 0.6) is 5.88 Å². The fraction of sp³-hybridized carbons (Fsp3) is 0.200. The molecule has 2 rings (SSSR count). The lowest BCUT2D eigenvalue weighted by molar-refractivity contribution is -0.135. The van der Waals surface area contributed by atoms with Crippen molar-refractivity contribution in [2.24, 2.45) is 0 Å². The maximum Gasteiger partial charge on any atom is 0.255 e. The van der Waals surface area contributed by atoms with E-state index in [9.17, 15) is 24.3 Å². The summed E-state index contributed by atoms with van der Waals surface area (Å²) in [5, 5.41) is 11.2. The summed E-state index contributed by atoms with van der Waals surface area (Å²) >= 11 is 0. The number of hydrogen-bond donors (Lipinski definition) is 3. The van der Waals surface area contributed by atoms with Gasteiger partial charge >= 0.3 is 0 Å². The maximum atomic E-state index is 11.9. The smallest absolute Gasteiger partial charge is 0.255 e. The zero-order valence-corrected chi connectivity index (χ0v) is 9.10. The Labute approximate surface area is 100 Å². The second kappa shape index (κ2) is 4.32. The van der Waals surface area contributed by atoms with Crippen LogP contribution in [0.15, 0.2) is 16.9 Å². The molecule has 3 N–H and O–H groups in total. The number of rotatable bonds is 1. The zero-order valence-electron chi connectivity index (χ0n) is 9.10.